The van der Waals surface area contributed by atoms with Crippen molar-refractivity contribution in [2.75, 3.05) is 40.5 Å². The smallest absolute Gasteiger partial charge is 0.288 e. The van der Waals surface area contributed by atoms with Crippen LogP contribution in [0.2, 0.25) is 5.02 Å². The molecule has 0 spiro atoms. The van der Waals surface area contributed by atoms with Crippen LogP contribution in [0.4, 0.5) is 5.69 Å². The number of hydrogen-bond acceptors (Lipinski definition) is 6. The molecule has 214 valence electrons. The first-order chi connectivity index (χ1) is 19.8. The van der Waals surface area contributed by atoms with Gasteiger partial charge in [0.15, 0.2) is 0 Å². The van der Waals surface area contributed by atoms with Crippen molar-refractivity contribution in [1.82, 2.24) is 14.8 Å². The number of halogens is 1. The van der Waals surface area contributed by atoms with E-state index in [1.165, 1.54) is 24.1 Å². The van der Waals surface area contributed by atoms with E-state index in [-0.39, 0.29) is 41.9 Å². The molecule has 0 bridgehead atoms. The van der Waals surface area contributed by atoms with E-state index < -0.39 is 10.8 Å². The molecular formula is C30H31ClN4O6. The number of carbonyl (C=O) groups is 2. The van der Waals surface area contributed by atoms with Crippen LogP contribution in [0.15, 0.2) is 72.9 Å². The Bertz CT molecular complexity index is 1520. The number of fused-ring (bicyclic) bond motifs is 1. The van der Waals surface area contributed by atoms with Crippen LogP contribution in [0.1, 0.15) is 21.5 Å². The summed E-state index contributed by atoms with van der Waals surface area (Å²) >= 11 is 5.94. The van der Waals surface area contributed by atoms with Crippen LogP contribution in [0.5, 0.6) is 5.75 Å². The van der Waals surface area contributed by atoms with Crippen LogP contribution < -0.4 is 4.74 Å². The van der Waals surface area contributed by atoms with Crippen molar-refractivity contribution in [3.05, 3.63) is 105 Å². The molecule has 4 aromatic rings. The first-order valence-corrected chi connectivity index (χ1v) is 13.4. The largest absolute Gasteiger partial charge is 0.497 e. The Hall–Kier alpha value is -4.41. The van der Waals surface area contributed by atoms with Crippen LogP contribution >= 0.6 is 11.6 Å². The average Bonchev–Trinajstić information content (AvgIpc) is 3.40. The normalized spacial score (nSPS) is 10.9. The SMILES string of the molecule is COCCN(CC(=O)N(CCc1c[nH]c2ccccc12)Cc1ccc(OC)cc1)C(=O)c1ccc(Cl)c([N+](=O)[O-])c1. The van der Waals surface area contributed by atoms with Crippen LogP contribution in [0.25, 0.3) is 10.9 Å². The maximum atomic E-state index is 13.8. The Kier molecular flexibility index (Phi) is 9.94. The number of aromatic amines is 1. The van der Waals surface area contributed by atoms with E-state index in [0.29, 0.717) is 25.3 Å². The number of H-pyrrole nitrogens is 1. The second-order valence-electron chi connectivity index (χ2n) is 9.42. The fourth-order valence-corrected chi connectivity index (χ4v) is 4.71. The van der Waals surface area contributed by atoms with Gasteiger partial charge in [0.2, 0.25) is 5.91 Å². The topological polar surface area (TPSA) is 118 Å². The highest BCUT2D eigenvalue weighted by Gasteiger charge is 2.25. The first-order valence-electron chi connectivity index (χ1n) is 13.0. The van der Waals surface area contributed by atoms with Gasteiger partial charge >= 0.3 is 0 Å². The number of para-hydroxylation sites is 1. The van der Waals surface area contributed by atoms with Gasteiger partial charge in [-0.1, -0.05) is 41.9 Å². The number of methoxy groups -OCH3 is 2. The number of amides is 2. The number of nitro benzene ring substituents is 1. The minimum absolute atomic E-state index is 0.0606. The molecule has 0 fully saturated rings. The second kappa shape index (κ2) is 13.8. The van der Waals surface area contributed by atoms with Gasteiger partial charge in [0.25, 0.3) is 11.6 Å². The van der Waals surface area contributed by atoms with E-state index >= 15 is 0 Å². The number of benzene rings is 3. The summed E-state index contributed by atoms with van der Waals surface area (Å²) in [4.78, 5) is 44.2. The fourth-order valence-electron chi connectivity index (χ4n) is 4.52. The molecule has 1 heterocycles. The lowest BCUT2D eigenvalue weighted by Crippen LogP contribution is -2.44. The Morgan fingerprint density at radius 2 is 1.76 bits per heavy atom. The summed E-state index contributed by atoms with van der Waals surface area (Å²) in [6.07, 6.45) is 2.55. The maximum Gasteiger partial charge on any atom is 0.288 e. The second-order valence-corrected chi connectivity index (χ2v) is 9.82. The molecule has 0 aliphatic rings. The third kappa shape index (κ3) is 7.41. The van der Waals surface area contributed by atoms with Crippen molar-refractivity contribution in [3.63, 3.8) is 0 Å². The third-order valence-electron chi connectivity index (χ3n) is 6.78. The molecule has 10 nitrogen and oxygen atoms in total. The highest BCUT2D eigenvalue weighted by molar-refractivity contribution is 6.32. The summed E-state index contributed by atoms with van der Waals surface area (Å²) in [5.41, 5.74) is 2.68. The van der Waals surface area contributed by atoms with Gasteiger partial charge in [-0.3, -0.25) is 19.7 Å². The summed E-state index contributed by atoms with van der Waals surface area (Å²) in [6.45, 7) is 0.802. The Labute approximate surface area is 242 Å². The van der Waals surface area contributed by atoms with Crippen LogP contribution in [0.3, 0.4) is 0 Å². The number of nitro groups is 1. The van der Waals surface area contributed by atoms with Gasteiger partial charge in [-0.15, -0.1) is 0 Å². The number of nitrogens with zero attached hydrogens (tertiary/aromatic N) is 3. The minimum Gasteiger partial charge on any atom is -0.497 e. The lowest BCUT2D eigenvalue weighted by atomic mass is 10.1. The molecule has 2 amide bonds. The highest BCUT2D eigenvalue weighted by Crippen LogP contribution is 2.26. The summed E-state index contributed by atoms with van der Waals surface area (Å²) in [5.74, 6) is -0.0939. The predicted octanol–water partition coefficient (Wildman–Crippen LogP) is 5.10. The van der Waals surface area contributed by atoms with Crippen molar-refractivity contribution in [1.29, 1.82) is 0 Å². The van der Waals surface area contributed by atoms with Crippen molar-refractivity contribution in [3.8, 4) is 5.75 Å². The summed E-state index contributed by atoms with van der Waals surface area (Å²) in [6, 6.07) is 19.3. The molecular weight excluding hydrogens is 548 g/mol. The molecule has 0 saturated carbocycles. The molecule has 1 aromatic heterocycles. The maximum absolute atomic E-state index is 13.8. The van der Waals surface area contributed by atoms with Crippen molar-refractivity contribution in [2.24, 2.45) is 0 Å². The number of rotatable bonds is 13. The Morgan fingerprint density at radius 1 is 1.00 bits per heavy atom. The average molecular weight is 579 g/mol. The first kappa shape index (κ1) is 29.6. The molecule has 0 unspecified atom stereocenters. The lowest BCUT2D eigenvalue weighted by Gasteiger charge is -2.28. The number of ether oxygens (including phenoxy) is 2. The monoisotopic (exact) mass is 578 g/mol. The number of carbonyl (C=O) groups excluding carboxylic acids is 2. The van der Waals surface area contributed by atoms with E-state index in [9.17, 15) is 19.7 Å². The van der Waals surface area contributed by atoms with Crippen LogP contribution in [0, 0.1) is 10.1 Å². The predicted molar refractivity (Wildman–Crippen MR) is 156 cm³/mol. The molecule has 0 aliphatic carbocycles. The zero-order valence-corrected chi connectivity index (χ0v) is 23.6. The molecule has 0 atom stereocenters. The van der Waals surface area contributed by atoms with Gasteiger partial charge in [0.1, 0.15) is 17.3 Å². The van der Waals surface area contributed by atoms with Crippen LogP contribution in [-0.2, 0) is 22.5 Å². The van der Waals surface area contributed by atoms with Crippen molar-refractivity contribution in [2.45, 2.75) is 13.0 Å². The Morgan fingerprint density at radius 3 is 2.46 bits per heavy atom. The summed E-state index contributed by atoms with van der Waals surface area (Å²) in [7, 11) is 3.09. The lowest BCUT2D eigenvalue weighted by molar-refractivity contribution is -0.384. The highest BCUT2D eigenvalue weighted by atomic mass is 35.5. The zero-order chi connectivity index (χ0) is 29.4. The van der Waals surface area contributed by atoms with Gasteiger partial charge in [0, 0.05) is 55.5 Å². The van der Waals surface area contributed by atoms with E-state index in [2.05, 4.69) is 4.98 Å². The Balaban J connectivity index is 1.57. The zero-order valence-electron chi connectivity index (χ0n) is 22.8. The molecule has 11 heteroatoms. The van der Waals surface area contributed by atoms with Gasteiger partial charge in [0.05, 0.1) is 18.6 Å². The molecule has 41 heavy (non-hydrogen) atoms. The standard InChI is InChI=1S/C30H31ClN4O6/c1-40-16-15-34(30(37)22-9-12-26(31)28(17-22)35(38)39)20-29(36)33(19-21-7-10-24(41-2)11-8-21)14-13-23-18-32-27-6-4-3-5-25(23)27/h3-12,17-18,32H,13-16,19-20H2,1-2H3. The molecule has 4 rings (SSSR count). The van der Waals surface area contributed by atoms with E-state index in [0.717, 1.165) is 28.1 Å². The molecule has 0 aliphatic heterocycles. The molecule has 0 radical (unpaired) electrons. The van der Waals surface area contributed by atoms with Gasteiger partial charge in [-0.05, 0) is 47.9 Å². The fraction of sp³-hybridized carbons (Fsp3) is 0.267. The van der Waals surface area contributed by atoms with E-state index in [1.54, 1.807) is 12.0 Å². The van der Waals surface area contributed by atoms with Crippen molar-refractivity contribution < 1.29 is 24.0 Å². The summed E-state index contributed by atoms with van der Waals surface area (Å²) < 4.78 is 10.4. The summed E-state index contributed by atoms with van der Waals surface area (Å²) in [5, 5.41) is 12.4. The molecule has 3 aromatic carbocycles. The number of nitrogens with one attached hydrogen (secondary N) is 1. The third-order valence-corrected chi connectivity index (χ3v) is 7.10. The minimum atomic E-state index is -0.648. The van der Waals surface area contributed by atoms with E-state index in [1.807, 2.05) is 54.7 Å². The number of aromatic nitrogens is 1. The molecule has 1 N–H and O–H groups in total. The van der Waals surface area contributed by atoms with Gasteiger partial charge < -0.3 is 24.3 Å². The van der Waals surface area contributed by atoms with Crippen molar-refractivity contribution >= 4 is 40.0 Å². The van der Waals surface area contributed by atoms with Gasteiger partial charge in [-0.25, -0.2) is 0 Å². The van der Waals surface area contributed by atoms with Crippen LogP contribution in [-0.4, -0.2) is 72.0 Å². The number of hydrogen-bond donors (Lipinski definition) is 1. The molecule has 0 saturated heterocycles. The van der Waals surface area contributed by atoms with E-state index in [4.69, 9.17) is 21.1 Å². The van der Waals surface area contributed by atoms with Gasteiger partial charge in [-0.2, -0.15) is 0 Å². The quantitative estimate of drug-likeness (QED) is 0.174.